The Morgan fingerprint density at radius 2 is 2.12 bits per heavy atom. The van der Waals surface area contributed by atoms with E-state index >= 15 is 0 Å². The van der Waals surface area contributed by atoms with Gasteiger partial charge in [0.05, 0.1) is 24.8 Å². The number of nitrogens with zero attached hydrogens (tertiary/aromatic N) is 2. The molecule has 1 amide bonds. The lowest BCUT2D eigenvalue weighted by molar-refractivity contribution is -0.120. The lowest BCUT2D eigenvalue weighted by Crippen LogP contribution is -2.41. The number of hydrogen-bond donors (Lipinski definition) is 1. The van der Waals surface area contributed by atoms with Gasteiger partial charge in [0, 0.05) is 12.2 Å². The van der Waals surface area contributed by atoms with E-state index < -0.39 is 11.9 Å². The second-order valence-corrected chi connectivity index (χ2v) is 5.89. The molecule has 0 spiro atoms. The fourth-order valence-corrected chi connectivity index (χ4v) is 2.64. The first-order chi connectivity index (χ1) is 12.5. The highest BCUT2D eigenvalue weighted by molar-refractivity contribution is 5.94. The highest BCUT2D eigenvalue weighted by atomic mass is 19.1. The first-order valence-corrected chi connectivity index (χ1v) is 8.36. The Bertz CT molecular complexity index is 817. The van der Waals surface area contributed by atoms with E-state index in [1.54, 1.807) is 43.3 Å². The average molecular weight is 355 g/mol. The van der Waals surface area contributed by atoms with Gasteiger partial charge in [0.2, 0.25) is 5.91 Å². The predicted molar refractivity (Wildman–Crippen MR) is 98.3 cm³/mol. The molecule has 0 bridgehead atoms. The van der Waals surface area contributed by atoms with Crippen molar-refractivity contribution in [3.63, 3.8) is 0 Å². The van der Waals surface area contributed by atoms with E-state index in [-0.39, 0.29) is 11.7 Å². The molecular formula is C20H22FN3O2. The molecule has 26 heavy (non-hydrogen) atoms. The lowest BCUT2D eigenvalue weighted by Gasteiger charge is -2.27. The molecule has 0 unspecified atom stereocenters. The van der Waals surface area contributed by atoms with Crippen LogP contribution < -0.4 is 10.1 Å². The number of nitrogens with one attached hydrogen (secondary N) is 1. The van der Waals surface area contributed by atoms with Crippen LogP contribution in [-0.2, 0) is 11.3 Å². The van der Waals surface area contributed by atoms with Crippen molar-refractivity contribution >= 4 is 11.6 Å². The van der Waals surface area contributed by atoms with Gasteiger partial charge in [-0.15, -0.1) is 0 Å². The Morgan fingerprint density at radius 1 is 1.35 bits per heavy atom. The molecule has 1 N–H and O–H groups in total. The number of anilines is 1. The van der Waals surface area contributed by atoms with Gasteiger partial charge < -0.3 is 10.1 Å². The number of methoxy groups -OCH3 is 1. The molecular weight excluding hydrogens is 333 g/mol. The highest BCUT2D eigenvalue weighted by Crippen LogP contribution is 2.19. The standard InChI is InChI=1S/C20H22FN3O2/c1-4-24(13-16-8-9-19(26-3)18(21)11-16)14(2)20(25)23-17-7-5-6-15(10-17)12-22/h5-11,14H,4,13H2,1-3H3,(H,23,25)/t14-/m0/s1. The van der Waals surface area contributed by atoms with Gasteiger partial charge in [0.1, 0.15) is 0 Å². The second-order valence-electron chi connectivity index (χ2n) is 5.89. The third-order valence-electron chi connectivity index (χ3n) is 4.19. The number of benzene rings is 2. The van der Waals surface area contributed by atoms with E-state index in [2.05, 4.69) is 5.32 Å². The number of hydrogen-bond acceptors (Lipinski definition) is 4. The third kappa shape index (κ3) is 4.80. The van der Waals surface area contributed by atoms with E-state index in [9.17, 15) is 9.18 Å². The number of carbonyl (C=O) groups is 1. The summed E-state index contributed by atoms with van der Waals surface area (Å²) >= 11 is 0. The SMILES string of the molecule is CCN(Cc1ccc(OC)c(F)c1)[C@@H](C)C(=O)Nc1cccc(C#N)c1. The minimum absolute atomic E-state index is 0.184. The third-order valence-corrected chi connectivity index (χ3v) is 4.19. The number of halogens is 1. The summed E-state index contributed by atoms with van der Waals surface area (Å²) in [6.07, 6.45) is 0. The topological polar surface area (TPSA) is 65.4 Å². The van der Waals surface area contributed by atoms with Gasteiger partial charge in [-0.25, -0.2) is 4.39 Å². The number of amides is 1. The molecule has 2 aromatic carbocycles. The van der Waals surface area contributed by atoms with Gasteiger partial charge >= 0.3 is 0 Å². The van der Waals surface area contributed by atoms with Crippen LogP contribution in [0.2, 0.25) is 0 Å². The van der Waals surface area contributed by atoms with Gasteiger partial charge in [-0.3, -0.25) is 9.69 Å². The second kappa shape index (κ2) is 8.97. The summed E-state index contributed by atoms with van der Waals surface area (Å²) in [7, 11) is 1.42. The molecule has 136 valence electrons. The van der Waals surface area contributed by atoms with Crippen molar-refractivity contribution < 1.29 is 13.9 Å². The smallest absolute Gasteiger partial charge is 0.241 e. The molecule has 2 aromatic rings. The summed E-state index contributed by atoms with van der Waals surface area (Å²) in [6.45, 7) is 4.80. The van der Waals surface area contributed by atoms with Crippen LogP contribution >= 0.6 is 0 Å². The summed E-state index contributed by atoms with van der Waals surface area (Å²) < 4.78 is 18.8. The Hall–Kier alpha value is -2.91. The van der Waals surface area contributed by atoms with Crippen LogP contribution in [0.5, 0.6) is 5.75 Å². The van der Waals surface area contributed by atoms with E-state index in [4.69, 9.17) is 10.00 Å². The first-order valence-electron chi connectivity index (χ1n) is 8.36. The van der Waals surface area contributed by atoms with Crippen LogP contribution in [0.3, 0.4) is 0 Å². The number of likely N-dealkylation sites (N-methyl/N-ethyl adjacent to an activating group) is 1. The summed E-state index contributed by atoms with van der Waals surface area (Å²) in [5.41, 5.74) is 1.82. The zero-order valence-electron chi connectivity index (χ0n) is 15.1. The highest BCUT2D eigenvalue weighted by Gasteiger charge is 2.21. The molecule has 0 radical (unpaired) electrons. The van der Waals surface area contributed by atoms with Gasteiger partial charge in [0.15, 0.2) is 11.6 Å². The fraction of sp³-hybridized carbons (Fsp3) is 0.300. The van der Waals surface area contributed by atoms with Crippen molar-refractivity contribution in [3.05, 3.63) is 59.4 Å². The maximum absolute atomic E-state index is 13.9. The molecule has 6 heteroatoms. The van der Waals surface area contributed by atoms with E-state index in [1.807, 2.05) is 17.9 Å². The van der Waals surface area contributed by atoms with Gasteiger partial charge in [-0.2, -0.15) is 5.26 Å². The zero-order valence-corrected chi connectivity index (χ0v) is 15.1. The molecule has 0 saturated carbocycles. The molecule has 0 aliphatic carbocycles. The monoisotopic (exact) mass is 355 g/mol. The van der Waals surface area contributed by atoms with Crippen molar-refractivity contribution in [1.29, 1.82) is 5.26 Å². The largest absolute Gasteiger partial charge is 0.494 e. The quantitative estimate of drug-likeness (QED) is 0.825. The van der Waals surface area contributed by atoms with Crippen LogP contribution in [0, 0.1) is 17.1 Å². The molecule has 0 saturated heterocycles. The van der Waals surface area contributed by atoms with Crippen LogP contribution in [0.25, 0.3) is 0 Å². The predicted octanol–water partition coefficient (Wildman–Crippen LogP) is 3.56. The first kappa shape index (κ1) is 19.4. The van der Waals surface area contributed by atoms with Gasteiger partial charge in [-0.05, 0) is 49.4 Å². The average Bonchev–Trinajstić information content (AvgIpc) is 2.65. The lowest BCUT2D eigenvalue weighted by atomic mass is 10.1. The summed E-state index contributed by atoms with van der Waals surface area (Å²) in [4.78, 5) is 14.5. The van der Waals surface area contributed by atoms with Crippen LogP contribution in [0.15, 0.2) is 42.5 Å². The van der Waals surface area contributed by atoms with E-state index in [0.717, 1.165) is 5.56 Å². The van der Waals surface area contributed by atoms with Crippen LogP contribution in [0.4, 0.5) is 10.1 Å². The van der Waals surface area contributed by atoms with Crippen molar-refractivity contribution in [3.8, 4) is 11.8 Å². The molecule has 0 heterocycles. The number of ether oxygens (including phenoxy) is 1. The van der Waals surface area contributed by atoms with Crippen LogP contribution in [-0.4, -0.2) is 30.5 Å². The number of nitriles is 1. The zero-order chi connectivity index (χ0) is 19.1. The Labute approximate surface area is 153 Å². The molecule has 0 fully saturated rings. The maximum Gasteiger partial charge on any atom is 0.241 e. The summed E-state index contributed by atoms with van der Waals surface area (Å²) in [5, 5.41) is 11.8. The summed E-state index contributed by atoms with van der Waals surface area (Å²) in [5.74, 6) is -0.414. The molecule has 0 aliphatic heterocycles. The Kier molecular flexibility index (Phi) is 6.70. The summed E-state index contributed by atoms with van der Waals surface area (Å²) in [6, 6.07) is 13.2. The van der Waals surface area contributed by atoms with Crippen molar-refractivity contribution in [2.24, 2.45) is 0 Å². The van der Waals surface area contributed by atoms with E-state index in [0.29, 0.717) is 24.3 Å². The minimum atomic E-state index is -0.425. The number of rotatable bonds is 7. The number of carbonyl (C=O) groups excluding carboxylic acids is 1. The van der Waals surface area contributed by atoms with E-state index in [1.165, 1.54) is 13.2 Å². The molecule has 0 aliphatic rings. The normalized spacial score (nSPS) is 11.7. The van der Waals surface area contributed by atoms with Crippen molar-refractivity contribution in [2.45, 2.75) is 26.4 Å². The molecule has 0 aromatic heterocycles. The van der Waals surface area contributed by atoms with Crippen LogP contribution in [0.1, 0.15) is 25.0 Å². The maximum atomic E-state index is 13.9. The Balaban J connectivity index is 2.07. The van der Waals surface area contributed by atoms with Crippen molar-refractivity contribution in [2.75, 3.05) is 19.0 Å². The molecule has 2 rings (SSSR count). The van der Waals surface area contributed by atoms with Gasteiger partial charge in [0.25, 0.3) is 0 Å². The fourth-order valence-electron chi connectivity index (χ4n) is 2.64. The Morgan fingerprint density at radius 3 is 2.73 bits per heavy atom. The minimum Gasteiger partial charge on any atom is -0.494 e. The van der Waals surface area contributed by atoms with Gasteiger partial charge in [-0.1, -0.05) is 19.1 Å². The van der Waals surface area contributed by atoms with Crippen molar-refractivity contribution in [1.82, 2.24) is 4.90 Å². The molecule has 5 nitrogen and oxygen atoms in total. The molecule has 1 atom stereocenters.